The van der Waals surface area contributed by atoms with Crippen LogP contribution in [0.2, 0.25) is 0 Å². The number of carbonyl (C=O) groups is 1. The largest absolute Gasteiger partial charge is 0.383 e. The van der Waals surface area contributed by atoms with Crippen LogP contribution in [0.5, 0.6) is 0 Å². The SMILES string of the molecule is COCCN(Cc1cccn1Cc1ccc(C)cc1)C(=O)Nc1ccc(C)cc1C. The molecule has 158 valence electrons. The van der Waals surface area contributed by atoms with Crippen LogP contribution in [0.25, 0.3) is 0 Å². The topological polar surface area (TPSA) is 46.5 Å². The molecule has 0 spiro atoms. The van der Waals surface area contributed by atoms with E-state index in [1.54, 1.807) is 12.0 Å². The quantitative estimate of drug-likeness (QED) is 0.564. The number of nitrogens with one attached hydrogen (secondary N) is 1. The van der Waals surface area contributed by atoms with E-state index < -0.39 is 0 Å². The first kappa shape index (κ1) is 21.7. The van der Waals surface area contributed by atoms with Crippen LogP contribution in [0.3, 0.4) is 0 Å². The minimum absolute atomic E-state index is 0.123. The lowest BCUT2D eigenvalue weighted by Gasteiger charge is -2.24. The zero-order valence-corrected chi connectivity index (χ0v) is 18.3. The second-order valence-corrected chi connectivity index (χ2v) is 7.78. The van der Waals surface area contributed by atoms with Crippen molar-refractivity contribution in [2.45, 2.75) is 33.9 Å². The van der Waals surface area contributed by atoms with Crippen molar-refractivity contribution in [3.05, 3.63) is 88.7 Å². The van der Waals surface area contributed by atoms with E-state index in [-0.39, 0.29) is 6.03 Å². The molecule has 0 radical (unpaired) electrons. The predicted octanol–water partition coefficient (Wildman–Crippen LogP) is 5.14. The van der Waals surface area contributed by atoms with Crippen LogP contribution in [0.15, 0.2) is 60.8 Å². The van der Waals surface area contributed by atoms with Crippen molar-refractivity contribution in [3.63, 3.8) is 0 Å². The lowest BCUT2D eigenvalue weighted by Crippen LogP contribution is -2.37. The number of nitrogens with zero attached hydrogens (tertiary/aromatic N) is 2. The first-order valence-corrected chi connectivity index (χ1v) is 10.3. The number of anilines is 1. The molecular weight excluding hydrogens is 374 g/mol. The Balaban J connectivity index is 1.74. The van der Waals surface area contributed by atoms with Gasteiger partial charge in [0.25, 0.3) is 0 Å². The molecule has 0 saturated heterocycles. The minimum Gasteiger partial charge on any atom is -0.383 e. The number of hydrogen-bond acceptors (Lipinski definition) is 2. The lowest BCUT2D eigenvalue weighted by molar-refractivity contribution is 0.152. The van der Waals surface area contributed by atoms with Crippen LogP contribution in [-0.2, 0) is 17.8 Å². The number of rotatable bonds is 8. The fourth-order valence-corrected chi connectivity index (χ4v) is 3.43. The Hall–Kier alpha value is -3.05. The average Bonchev–Trinajstić information content (AvgIpc) is 3.15. The molecule has 5 heteroatoms. The second-order valence-electron chi connectivity index (χ2n) is 7.78. The maximum Gasteiger partial charge on any atom is 0.322 e. The summed E-state index contributed by atoms with van der Waals surface area (Å²) in [6, 6.07) is 18.6. The van der Waals surface area contributed by atoms with E-state index in [9.17, 15) is 4.79 Å². The molecule has 0 bridgehead atoms. The van der Waals surface area contributed by atoms with Gasteiger partial charge in [-0.3, -0.25) is 0 Å². The molecule has 5 nitrogen and oxygen atoms in total. The molecule has 0 unspecified atom stereocenters. The van der Waals surface area contributed by atoms with Gasteiger partial charge in [-0.05, 0) is 50.1 Å². The Kier molecular flexibility index (Phi) is 7.31. The Morgan fingerprint density at radius 3 is 2.47 bits per heavy atom. The summed E-state index contributed by atoms with van der Waals surface area (Å²) in [6.07, 6.45) is 2.06. The zero-order chi connectivity index (χ0) is 21.5. The van der Waals surface area contributed by atoms with E-state index in [1.165, 1.54) is 16.7 Å². The average molecular weight is 406 g/mol. The molecule has 0 aliphatic heterocycles. The molecule has 1 heterocycles. The second kappa shape index (κ2) is 10.1. The smallest absolute Gasteiger partial charge is 0.322 e. The van der Waals surface area contributed by atoms with Crippen molar-refractivity contribution in [2.24, 2.45) is 0 Å². The first-order chi connectivity index (χ1) is 14.5. The maximum absolute atomic E-state index is 13.0. The molecule has 0 saturated carbocycles. The molecule has 0 aliphatic rings. The molecule has 2 amide bonds. The predicted molar refractivity (Wildman–Crippen MR) is 122 cm³/mol. The molecule has 3 aromatic rings. The highest BCUT2D eigenvalue weighted by molar-refractivity contribution is 5.90. The number of ether oxygens (including phenoxy) is 1. The number of aromatic nitrogens is 1. The zero-order valence-electron chi connectivity index (χ0n) is 18.3. The maximum atomic E-state index is 13.0. The molecule has 2 aromatic carbocycles. The summed E-state index contributed by atoms with van der Waals surface area (Å²) in [7, 11) is 1.65. The van der Waals surface area contributed by atoms with Gasteiger partial charge in [0.1, 0.15) is 0 Å². The van der Waals surface area contributed by atoms with Crippen LogP contribution in [0.4, 0.5) is 10.5 Å². The van der Waals surface area contributed by atoms with Gasteiger partial charge in [0.2, 0.25) is 0 Å². The van der Waals surface area contributed by atoms with E-state index in [4.69, 9.17) is 4.74 Å². The molecule has 0 atom stereocenters. The summed E-state index contributed by atoms with van der Waals surface area (Å²) in [4.78, 5) is 14.8. The van der Waals surface area contributed by atoms with Crippen molar-refractivity contribution in [1.29, 1.82) is 0 Å². The van der Waals surface area contributed by atoms with Crippen molar-refractivity contribution in [3.8, 4) is 0 Å². The minimum atomic E-state index is -0.123. The van der Waals surface area contributed by atoms with Gasteiger partial charge in [0.15, 0.2) is 0 Å². The van der Waals surface area contributed by atoms with Gasteiger partial charge in [-0.1, -0.05) is 47.5 Å². The van der Waals surface area contributed by atoms with Crippen molar-refractivity contribution < 1.29 is 9.53 Å². The fraction of sp³-hybridized carbons (Fsp3) is 0.320. The number of aryl methyl sites for hydroxylation is 3. The van der Waals surface area contributed by atoms with Gasteiger partial charge < -0.3 is 19.5 Å². The normalized spacial score (nSPS) is 10.8. The molecule has 1 aromatic heterocycles. The molecule has 30 heavy (non-hydrogen) atoms. The number of amides is 2. The Morgan fingerprint density at radius 1 is 1.03 bits per heavy atom. The van der Waals surface area contributed by atoms with Crippen LogP contribution in [0, 0.1) is 20.8 Å². The summed E-state index contributed by atoms with van der Waals surface area (Å²) in [5.74, 6) is 0. The van der Waals surface area contributed by atoms with E-state index in [0.29, 0.717) is 19.7 Å². The van der Waals surface area contributed by atoms with Crippen LogP contribution in [-0.4, -0.2) is 35.8 Å². The van der Waals surface area contributed by atoms with Crippen molar-refractivity contribution in [2.75, 3.05) is 25.6 Å². The standard InChI is InChI=1S/C25H31N3O2/c1-19-7-10-22(11-8-19)17-27-13-5-6-23(27)18-28(14-15-30-4)25(29)26-24-12-9-20(2)16-21(24)3/h5-13,16H,14-15,17-18H2,1-4H3,(H,26,29). The number of urea groups is 1. The third-order valence-electron chi connectivity index (χ3n) is 5.23. The Labute approximate surface area is 179 Å². The third-order valence-corrected chi connectivity index (χ3v) is 5.23. The van der Waals surface area contributed by atoms with E-state index in [1.807, 2.05) is 32.0 Å². The van der Waals surface area contributed by atoms with Gasteiger partial charge in [0, 0.05) is 37.8 Å². The molecule has 0 aliphatic carbocycles. The fourth-order valence-electron chi connectivity index (χ4n) is 3.43. The summed E-state index contributed by atoms with van der Waals surface area (Å²) < 4.78 is 7.43. The van der Waals surface area contributed by atoms with Gasteiger partial charge in [-0.25, -0.2) is 4.79 Å². The highest BCUT2D eigenvalue weighted by atomic mass is 16.5. The highest BCUT2D eigenvalue weighted by Crippen LogP contribution is 2.18. The van der Waals surface area contributed by atoms with Crippen molar-refractivity contribution in [1.82, 2.24) is 9.47 Å². The summed E-state index contributed by atoms with van der Waals surface area (Å²) in [5, 5.41) is 3.06. The number of carbonyl (C=O) groups excluding carboxylic acids is 1. The van der Waals surface area contributed by atoms with Crippen molar-refractivity contribution >= 4 is 11.7 Å². The highest BCUT2D eigenvalue weighted by Gasteiger charge is 2.17. The van der Waals surface area contributed by atoms with E-state index >= 15 is 0 Å². The van der Waals surface area contributed by atoms with Gasteiger partial charge in [-0.2, -0.15) is 0 Å². The van der Waals surface area contributed by atoms with Crippen LogP contribution in [0.1, 0.15) is 27.9 Å². The van der Waals surface area contributed by atoms with Gasteiger partial charge in [-0.15, -0.1) is 0 Å². The lowest BCUT2D eigenvalue weighted by atomic mass is 10.1. The molecule has 0 fully saturated rings. The first-order valence-electron chi connectivity index (χ1n) is 10.3. The van der Waals surface area contributed by atoms with Gasteiger partial charge in [0.05, 0.1) is 13.2 Å². The summed E-state index contributed by atoms with van der Waals surface area (Å²) >= 11 is 0. The number of benzene rings is 2. The molecule has 1 N–H and O–H groups in total. The summed E-state index contributed by atoms with van der Waals surface area (Å²) in [5.41, 5.74) is 6.64. The monoisotopic (exact) mass is 405 g/mol. The van der Waals surface area contributed by atoms with Crippen LogP contribution >= 0.6 is 0 Å². The molecular formula is C25H31N3O2. The van der Waals surface area contributed by atoms with Crippen LogP contribution < -0.4 is 5.32 Å². The van der Waals surface area contributed by atoms with E-state index in [0.717, 1.165) is 23.5 Å². The molecule has 3 rings (SSSR count). The Morgan fingerprint density at radius 2 is 1.77 bits per heavy atom. The Bertz CT molecular complexity index is 976. The van der Waals surface area contributed by atoms with Gasteiger partial charge >= 0.3 is 6.03 Å². The number of methoxy groups -OCH3 is 1. The third kappa shape index (κ3) is 5.74. The van der Waals surface area contributed by atoms with E-state index in [2.05, 4.69) is 59.4 Å². The summed E-state index contributed by atoms with van der Waals surface area (Å²) in [6.45, 7) is 8.44. The number of hydrogen-bond donors (Lipinski definition) is 1.